The van der Waals surface area contributed by atoms with Crippen molar-refractivity contribution in [2.75, 3.05) is 40.3 Å². The van der Waals surface area contributed by atoms with Crippen LogP contribution in [-0.4, -0.2) is 55.9 Å². The molecule has 0 spiro atoms. The van der Waals surface area contributed by atoms with Crippen LogP contribution in [0.5, 0.6) is 0 Å². The van der Waals surface area contributed by atoms with Gasteiger partial charge >= 0.3 is 0 Å². The molecule has 19 heavy (non-hydrogen) atoms. The van der Waals surface area contributed by atoms with Crippen LogP contribution >= 0.6 is 27.3 Å². The number of carbonyl (C=O) groups excluding carboxylic acids is 1. The fraction of sp³-hybridized carbons (Fsp3) is 0.643. The van der Waals surface area contributed by atoms with Crippen molar-refractivity contribution in [1.82, 2.24) is 9.80 Å². The van der Waals surface area contributed by atoms with Crippen LogP contribution in [-0.2, 0) is 0 Å². The summed E-state index contributed by atoms with van der Waals surface area (Å²) in [5.74, 6) is 0.968. The second-order valence-corrected chi connectivity index (χ2v) is 7.93. The third-order valence-corrected chi connectivity index (χ3v) is 5.33. The van der Waals surface area contributed by atoms with E-state index >= 15 is 0 Å². The maximum atomic E-state index is 12.1. The number of ketones is 1. The van der Waals surface area contributed by atoms with Crippen LogP contribution in [0.25, 0.3) is 0 Å². The number of halogens is 1. The average molecular weight is 345 g/mol. The molecular weight excluding hydrogens is 324 g/mol. The number of Topliss-reactive ketones (excluding diaryl/α,β-unsaturated/α-hetero) is 1. The first kappa shape index (κ1) is 15.2. The summed E-state index contributed by atoms with van der Waals surface area (Å²) < 4.78 is 1.02. The van der Waals surface area contributed by atoms with Crippen LogP contribution in [0.3, 0.4) is 0 Å². The topological polar surface area (TPSA) is 23.6 Å². The van der Waals surface area contributed by atoms with Crippen molar-refractivity contribution in [3.8, 4) is 0 Å². The molecule has 0 aromatic carbocycles. The minimum Gasteiger partial charge on any atom is -0.306 e. The number of likely N-dealkylation sites (tertiary alicyclic amines) is 1. The van der Waals surface area contributed by atoms with Gasteiger partial charge in [0.1, 0.15) is 0 Å². The van der Waals surface area contributed by atoms with Gasteiger partial charge in [-0.3, -0.25) is 9.69 Å². The van der Waals surface area contributed by atoms with Gasteiger partial charge in [0, 0.05) is 6.54 Å². The highest BCUT2D eigenvalue weighted by molar-refractivity contribution is 9.11. The number of rotatable bonds is 5. The van der Waals surface area contributed by atoms with E-state index in [9.17, 15) is 4.79 Å². The molecular formula is C14H21BrN2OS. The molecule has 1 aromatic heterocycles. The zero-order valence-electron chi connectivity index (χ0n) is 11.6. The normalized spacial score (nSPS) is 18.1. The SMILES string of the molecule is CN1CCC(CN(C)CC(=O)c2ccc(Br)s2)CC1. The van der Waals surface area contributed by atoms with Crippen LogP contribution in [0.2, 0.25) is 0 Å². The number of hydrogen-bond acceptors (Lipinski definition) is 4. The number of likely N-dealkylation sites (N-methyl/N-ethyl adjacent to an activating group) is 1. The van der Waals surface area contributed by atoms with E-state index in [4.69, 9.17) is 0 Å². The lowest BCUT2D eigenvalue weighted by Gasteiger charge is -2.31. The second-order valence-electron chi connectivity index (χ2n) is 5.47. The lowest BCUT2D eigenvalue weighted by atomic mass is 9.96. The summed E-state index contributed by atoms with van der Waals surface area (Å²) in [6.07, 6.45) is 2.50. The number of piperidine rings is 1. The summed E-state index contributed by atoms with van der Waals surface area (Å²) in [4.78, 5) is 17.5. The summed E-state index contributed by atoms with van der Waals surface area (Å²) in [5, 5.41) is 0. The predicted molar refractivity (Wildman–Crippen MR) is 84.1 cm³/mol. The molecule has 0 saturated carbocycles. The van der Waals surface area contributed by atoms with Crippen LogP contribution in [0.1, 0.15) is 22.5 Å². The Bertz CT molecular complexity index is 427. The Labute approximate surface area is 127 Å². The van der Waals surface area contributed by atoms with Crippen LogP contribution < -0.4 is 0 Å². The Morgan fingerprint density at radius 2 is 2.16 bits per heavy atom. The van der Waals surface area contributed by atoms with Gasteiger partial charge in [-0.2, -0.15) is 0 Å². The molecule has 3 nitrogen and oxygen atoms in total. The van der Waals surface area contributed by atoms with Gasteiger partial charge in [-0.15, -0.1) is 11.3 Å². The predicted octanol–water partition coefficient (Wildman–Crippen LogP) is 2.97. The first-order valence-corrected chi connectivity index (χ1v) is 8.31. The largest absolute Gasteiger partial charge is 0.306 e. The Kier molecular flexibility index (Phi) is 5.57. The van der Waals surface area contributed by atoms with Crippen LogP contribution in [0, 0.1) is 5.92 Å². The van der Waals surface area contributed by atoms with Crippen LogP contribution in [0.15, 0.2) is 15.9 Å². The minimum atomic E-state index is 0.228. The molecule has 106 valence electrons. The molecule has 0 atom stereocenters. The highest BCUT2D eigenvalue weighted by Crippen LogP contribution is 2.23. The lowest BCUT2D eigenvalue weighted by Crippen LogP contribution is -2.37. The van der Waals surface area contributed by atoms with Gasteiger partial charge in [-0.1, -0.05) is 0 Å². The zero-order valence-corrected chi connectivity index (χ0v) is 14.0. The van der Waals surface area contributed by atoms with E-state index in [0.29, 0.717) is 6.54 Å². The first-order chi connectivity index (χ1) is 9.04. The lowest BCUT2D eigenvalue weighted by molar-refractivity contribution is 0.0929. The number of carbonyl (C=O) groups is 1. The smallest absolute Gasteiger partial charge is 0.186 e. The van der Waals surface area contributed by atoms with Crippen molar-refractivity contribution >= 4 is 33.0 Å². The van der Waals surface area contributed by atoms with Crippen molar-refractivity contribution in [1.29, 1.82) is 0 Å². The highest BCUT2D eigenvalue weighted by atomic mass is 79.9. The fourth-order valence-electron chi connectivity index (χ4n) is 2.54. The van der Waals surface area contributed by atoms with Crippen molar-refractivity contribution in [2.45, 2.75) is 12.8 Å². The number of hydrogen-bond donors (Lipinski definition) is 0. The van der Waals surface area contributed by atoms with Crippen molar-refractivity contribution < 1.29 is 4.79 Å². The maximum absolute atomic E-state index is 12.1. The summed E-state index contributed by atoms with van der Waals surface area (Å²) in [6, 6.07) is 3.84. The standard InChI is InChI=1S/C14H21BrN2OS/c1-16-7-5-11(6-8-16)9-17(2)10-12(18)13-3-4-14(15)19-13/h3-4,11H,5-10H2,1-2H3. The summed E-state index contributed by atoms with van der Waals surface area (Å²) in [5.41, 5.74) is 0. The number of thiophene rings is 1. The molecule has 2 heterocycles. The third kappa shape index (κ3) is 4.67. The Hall–Kier alpha value is -0.230. The van der Waals surface area contributed by atoms with Gasteiger partial charge in [0.25, 0.3) is 0 Å². The van der Waals surface area contributed by atoms with Crippen molar-refractivity contribution in [2.24, 2.45) is 5.92 Å². The van der Waals surface area contributed by atoms with E-state index in [1.165, 1.54) is 37.3 Å². The van der Waals surface area contributed by atoms with Crippen LogP contribution in [0.4, 0.5) is 0 Å². The minimum absolute atomic E-state index is 0.228. The third-order valence-electron chi connectivity index (χ3n) is 3.67. The molecule has 0 aliphatic carbocycles. The molecule has 0 unspecified atom stereocenters. The average Bonchev–Trinajstić information content (AvgIpc) is 2.79. The summed E-state index contributed by atoms with van der Waals surface area (Å²) in [7, 11) is 4.23. The maximum Gasteiger partial charge on any atom is 0.186 e. The Morgan fingerprint density at radius 1 is 1.47 bits per heavy atom. The first-order valence-electron chi connectivity index (χ1n) is 6.70. The molecule has 1 saturated heterocycles. The zero-order chi connectivity index (χ0) is 13.8. The molecule has 1 aliphatic rings. The summed E-state index contributed by atoms with van der Waals surface area (Å²) in [6.45, 7) is 3.93. The molecule has 1 aliphatic heterocycles. The quantitative estimate of drug-likeness (QED) is 0.767. The molecule has 0 radical (unpaired) electrons. The molecule has 0 amide bonds. The highest BCUT2D eigenvalue weighted by Gasteiger charge is 2.19. The van der Waals surface area contributed by atoms with Gasteiger partial charge in [0.15, 0.2) is 5.78 Å². The number of nitrogens with zero attached hydrogens (tertiary/aromatic N) is 2. The van der Waals surface area contributed by atoms with E-state index in [1.807, 2.05) is 12.1 Å². The Balaban J connectivity index is 1.78. The van der Waals surface area contributed by atoms with E-state index in [0.717, 1.165) is 21.1 Å². The van der Waals surface area contributed by atoms with Gasteiger partial charge in [0.05, 0.1) is 15.2 Å². The Morgan fingerprint density at radius 3 is 2.74 bits per heavy atom. The molecule has 1 aromatic rings. The van der Waals surface area contributed by atoms with E-state index < -0.39 is 0 Å². The van der Waals surface area contributed by atoms with Gasteiger partial charge in [0.2, 0.25) is 0 Å². The molecule has 1 fully saturated rings. The molecule has 5 heteroatoms. The fourth-order valence-corrected chi connectivity index (χ4v) is 3.85. The second kappa shape index (κ2) is 6.97. The van der Waals surface area contributed by atoms with E-state index in [-0.39, 0.29) is 5.78 Å². The van der Waals surface area contributed by atoms with Gasteiger partial charge in [-0.05, 0) is 74.0 Å². The monoisotopic (exact) mass is 344 g/mol. The molecule has 2 rings (SSSR count). The van der Waals surface area contributed by atoms with Gasteiger partial charge in [-0.25, -0.2) is 0 Å². The van der Waals surface area contributed by atoms with Crippen molar-refractivity contribution in [3.05, 3.63) is 20.8 Å². The molecule has 0 bridgehead atoms. The molecule has 0 N–H and O–H groups in total. The van der Waals surface area contributed by atoms with E-state index in [2.05, 4.69) is 39.8 Å². The van der Waals surface area contributed by atoms with Crippen molar-refractivity contribution in [3.63, 3.8) is 0 Å². The summed E-state index contributed by atoms with van der Waals surface area (Å²) >= 11 is 4.92. The van der Waals surface area contributed by atoms with Gasteiger partial charge < -0.3 is 4.90 Å². The van der Waals surface area contributed by atoms with E-state index in [1.54, 1.807) is 0 Å².